The number of rotatable bonds is 3. The molecule has 1 rings (SSSR count). The van der Waals surface area contributed by atoms with Crippen molar-refractivity contribution < 1.29 is 14.4 Å². The molecule has 0 saturated heterocycles. The highest BCUT2D eigenvalue weighted by Gasteiger charge is 2.14. The lowest BCUT2D eigenvalue weighted by molar-refractivity contribution is -0.114. The molecule has 6 heteroatoms. The van der Waals surface area contributed by atoms with E-state index in [0.29, 0.717) is 16.8 Å². The third-order valence-corrected chi connectivity index (χ3v) is 2.40. The maximum atomic E-state index is 11.9. The smallest absolute Gasteiger partial charge is 0.253 e. The second kappa shape index (κ2) is 5.99. The Labute approximate surface area is 111 Å². The maximum absolute atomic E-state index is 11.9. The first-order valence-electron chi connectivity index (χ1n) is 5.71. The van der Waals surface area contributed by atoms with E-state index in [1.807, 2.05) is 0 Å². The van der Waals surface area contributed by atoms with Gasteiger partial charge in [0.05, 0.1) is 0 Å². The summed E-state index contributed by atoms with van der Waals surface area (Å²) in [5.74, 6) is -0.824. The molecule has 0 radical (unpaired) electrons. The number of hydrogen-bond acceptors (Lipinski definition) is 3. The van der Waals surface area contributed by atoms with E-state index >= 15 is 0 Å². The van der Waals surface area contributed by atoms with Gasteiger partial charge in [-0.05, 0) is 18.2 Å². The molecule has 1 aromatic rings. The Balaban J connectivity index is 3.27. The van der Waals surface area contributed by atoms with Gasteiger partial charge >= 0.3 is 0 Å². The lowest BCUT2D eigenvalue weighted by Gasteiger charge is -2.13. The van der Waals surface area contributed by atoms with Gasteiger partial charge in [-0.3, -0.25) is 14.4 Å². The summed E-state index contributed by atoms with van der Waals surface area (Å²) in [5.41, 5.74) is 1.08. The van der Waals surface area contributed by atoms with E-state index in [0.717, 1.165) is 0 Å². The number of amides is 3. The minimum Gasteiger partial charge on any atom is -0.355 e. The zero-order chi connectivity index (χ0) is 14.6. The van der Waals surface area contributed by atoms with E-state index in [4.69, 9.17) is 0 Å². The van der Waals surface area contributed by atoms with Crippen molar-refractivity contribution in [1.29, 1.82) is 0 Å². The average molecular weight is 263 g/mol. The fourth-order valence-electron chi connectivity index (χ4n) is 1.56. The number of carbonyl (C=O) groups excluding carboxylic acids is 3. The third kappa shape index (κ3) is 3.80. The van der Waals surface area contributed by atoms with Gasteiger partial charge < -0.3 is 15.5 Å². The van der Waals surface area contributed by atoms with Crippen LogP contribution in [0.5, 0.6) is 0 Å². The van der Waals surface area contributed by atoms with Gasteiger partial charge in [-0.15, -0.1) is 0 Å². The molecule has 19 heavy (non-hydrogen) atoms. The van der Waals surface area contributed by atoms with Gasteiger partial charge in [0.1, 0.15) is 0 Å². The Morgan fingerprint density at radius 2 is 1.63 bits per heavy atom. The number of benzene rings is 1. The van der Waals surface area contributed by atoms with Crippen LogP contribution in [0.3, 0.4) is 0 Å². The summed E-state index contributed by atoms with van der Waals surface area (Å²) in [4.78, 5) is 36.0. The highest BCUT2D eigenvalue weighted by atomic mass is 16.2. The van der Waals surface area contributed by atoms with E-state index in [2.05, 4.69) is 10.6 Å². The molecule has 6 nitrogen and oxygen atoms in total. The highest BCUT2D eigenvalue weighted by molar-refractivity contribution is 6.02. The minimum atomic E-state index is -0.319. The zero-order valence-corrected chi connectivity index (χ0v) is 11.4. The van der Waals surface area contributed by atoms with Crippen molar-refractivity contribution in [3.05, 3.63) is 29.3 Å². The Bertz CT molecular complexity index is 524. The molecule has 0 atom stereocenters. The van der Waals surface area contributed by atoms with E-state index in [1.165, 1.54) is 37.1 Å². The van der Waals surface area contributed by atoms with Gasteiger partial charge in [0.2, 0.25) is 5.91 Å². The molecule has 0 heterocycles. The molecule has 0 bridgehead atoms. The van der Waals surface area contributed by atoms with Gasteiger partial charge in [-0.2, -0.15) is 0 Å². The van der Waals surface area contributed by atoms with Crippen LogP contribution < -0.4 is 10.6 Å². The largest absolute Gasteiger partial charge is 0.355 e. The molecule has 0 spiro atoms. The molecule has 0 aliphatic carbocycles. The summed E-state index contributed by atoms with van der Waals surface area (Å²) < 4.78 is 0. The number of anilines is 1. The molecule has 0 saturated carbocycles. The van der Waals surface area contributed by atoms with E-state index < -0.39 is 0 Å². The fraction of sp³-hybridized carbons (Fsp3) is 0.308. The van der Waals surface area contributed by atoms with Gasteiger partial charge in [-0.1, -0.05) is 0 Å². The summed E-state index contributed by atoms with van der Waals surface area (Å²) in [5, 5.41) is 5.05. The van der Waals surface area contributed by atoms with Crippen LogP contribution in [-0.4, -0.2) is 43.8 Å². The van der Waals surface area contributed by atoms with Gasteiger partial charge in [0.15, 0.2) is 0 Å². The Morgan fingerprint density at radius 3 is 2.11 bits per heavy atom. The molecule has 102 valence electrons. The molecule has 0 unspecified atom stereocenters. The summed E-state index contributed by atoms with van der Waals surface area (Å²) in [6.07, 6.45) is 0. The topological polar surface area (TPSA) is 78.5 Å². The van der Waals surface area contributed by atoms with Crippen LogP contribution in [0.15, 0.2) is 18.2 Å². The van der Waals surface area contributed by atoms with Crippen LogP contribution in [0.25, 0.3) is 0 Å². The number of hydrogen-bond donors (Lipinski definition) is 2. The second-order valence-electron chi connectivity index (χ2n) is 4.26. The number of nitrogens with one attached hydrogen (secondary N) is 2. The highest BCUT2D eigenvalue weighted by Crippen LogP contribution is 2.16. The van der Waals surface area contributed by atoms with Crippen molar-refractivity contribution in [2.24, 2.45) is 0 Å². The molecule has 0 aliphatic heterocycles. The Kier molecular flexibility index (Phi) is 4.63. The van der Waals surface area contributed by atoms with Crippen LogP contribution in [0.2, 0.25) is 0 Å². The van der Waals surface area contributed by atoms with Crippen molar-refractivity contribution >= 4 is 23.4 Å². The fourth-order valence-corrected chi connectivity index (χ4v) is 1.56. The maximum Gasteiger partial charge on any atom is 0.253 e. The first-order valence-corrected chi connectivity index (χ1v) is 5.71. The summed E-state index contributed by atoms with van der Waals surface area (Å²) >= 11 is 0. The lowest BCUT2D eigenvalue weighted by Crippen LogP contribution is -2.24. The average Bonchev–Trinajstić information content (AvgIpc) is 2.35. The minimum absolute atomic E-state index is 0.239. The Hall–Kier alpha value is -2.37. The summed E-state index contributed by atoms with van der Waals surface area (Å²) in [6, 6.07) is 4.55. The first kappa shape index (κ1) is 14.7. The Morgan fingerprint density at radius 1 is 1.05 bits per heavy atom. The standard InChI is InChI=1S/C13H17N3O3/c1-8(17)15-11-6-9(12(18)14-2)5-10(7-11)13(19)16(3)4/h5-7H,1-4H3,(H,14,18)(H,15,17). The van der Waals surface area contributed by atoms with Gasteiger partial charge in [0, 0.05) is 44.9 Å². The first-order chi connectivity index (χ1) is 8.85. The van der Waals surface area contributed by atoms with Crippen molar-refractivity contribution in [1.82, 2.24) is 10.2 Å². The third-order valence-electron chi connectivity index (χ3n) is 2.40. The van der Waals surface area contributed by atoms with E-state index in [9.17, 15) is 14.4 Å². The quantitative estimate of drug-likeness (QED) is 0.843. The predicted molar refractivity (Wildman–Crippen MR) is 72.2 cm³/mol. The van der Waals surface area contributed by atoms with Crippen LogP contribution in [-0.2, 0) is 4.79 Å². The molecule has 1 aromatic carbocycles. The molecule has 2 N–H and O–H groups in total. The van der Waals surface area contributed by atoms with Crippen molar-refractivity contribution in [2.75, 3.05) is 26.5 Å². The summed E-state index contributed by atoms with van der Waals surface area (Å²) in [7, 11) is 4.74. The van der Waals surface area contributed by atoms with Gasteiger partial charge in [-0.25, -0.2) is 0 Å². The molecule has 0 fully saturated rings. The van der Waals surface area contributed by atoms with Crippen molar-refractivity contribution in [3.63, 3.8) is 0 Å². The normalized spacial score (nSPS) is 9.68. The molecular formula is C13H17N3O3. The number of nitrogens with zero attached hydrogens (tertiary/aromatic N) is 1. The van der Waals surface area contributed by atoms with Crippen LogP contribution >= 0.6 is 0 Å². The SMILES string of the molecule is CNC(=O)c1cc(NC(C)=O)cc(C(=O)N(C)C)c1. The molecule has 3 amide bonds. The molecular weight excluding hydrogens is 246 g/mol. The van der Waals surface area contributed by atoms with Crippen LogP contribution in [0.1, 0.15) is 27.6 Å². The zero-order valence-electron chi connectivity index (χ0n) is 11.4. The van der Waals surface area contributed by atoms with E-state index in [1.54, 1.807) is 14.1 Å². The monoisotopic (exact) mass is 263 g/mol. The van der Waals surface area contributed by atoms with Crippen LogP contribution in [0, 0.1) is 0 Å². The van der Waals surface area contributed by atoms with E-state index in [-0.39, 0.29) is 17.7 Å². The molecule has 0 aromatic heterocycles. The lowest BCUT2D eigenvalue weighted by atomic mass is 10.1. The predicted octanol–water partition coefficient (Wildman–Crippen LogP) is 0.706. The summed E-state index contributed by atoms with van der Waals surface area (Å²) in [6.45, 7) is 1.36. The van der Waals surface area contributed by atoms with Crippen molar-refractivity contribution in [3.8, 4) is 0 Å². The van der Waals surface area contributed by atoms with Crippen LogP contribution in [0.4, 0.5) is 5.69 Å². The van der Waals surface area contributed by atoms with Gasteiger partial charge in [0.25, 0.3) is 11.8 Å². The van der Waals surface area contributed by atoms with Crippen molar-refractivity contribution in [2.45, 2.75) is 6.92 Å². The molecule has 0 aliphatic rings. The second-order valence-corrected chi connectivity index (χ2v) is 4.26. The number of carbonyl (C=O) groups is 3.